The minimum Gasteiger partial charge on any atom is -0.456 e. The molecule has 0 aliphatic rings. The Morgan fingerprint density at radius 1 is 1.35 bits per heavy atom. The van der Waals surface area contributed by atoms with Gasteiger partial charge in [0.15, 0.2) is 0 Å². The molecule has 0 saturated carbocycles. The summed E-state index contributed by atoms with van der Waals surface area (Å²) in [6.45, 7) is 4.48. The standard InChI is InChI=1S/C16H20FNO2/c1-12(4-3-7-18-8-9-19-2)16-11-13-10-14(17)5-6-15(13)20-16/h4-6,10-11,18H,3,7-9H2,1-2H3/b12-4-. The second-order valence-electron chi connectivity index (χ2n) is 4.71. The summed E-state index contributed by atoms with van der Waals surface area (Å²) in [5, 5.41) is 4.07. The zero-order valence-corrected chi connectivity index (χ0v) is 11.9. The Morgan fingerprint density at radius 2 is 2.20 bits per heavy atom. The molecule has 3 nitrogen and oxygen atoms in total. The van der Waals surface area contributed by atoms with Crippen LogP contribution in [0.15, 0.2) is 34.8 Å². The molecule has 2 aromatic rings. The van der Waals surface area contributed by atoms with E-state index in [1.165, 1.54) is 12.1 Å². The SMILES string of the molecule is COCCNCC/C=C(/C)c1cc2cc(F)ccc2o1. The molecule has 0 aliphatic heterocycles. The fraction of sp³-hybridized carbons (Fsp3) is 0.375. The minimum absolute atomic E-state index is 0.242. The first-order chi connectivity index (χ1) is 9.70. The number of furan rings is 1. The summed E-state index contributed by atoms with van der Waals surface area (Å²) in [4.78, 5) is 0. The van der Waals surface area contributed by atoms with Crippen molar-refractivity contribution in [1.82, 2.24) is 5.32 Å². The number of rotatable bonds is 7. The van der Waals surface area contributed by atoms with Crippen LogP contribution >= 0.6 is 0 Å². The summed E-state index contributed by atoms with van der Waals surface area (Å²) < 4.78 is 23.8. The second kappa shape index (κ2) is 7.22. The maximum Gasteiger partial charge on any atom is 0.135 e. The number of allylic oxidation sites excluding steroid dienone is 1. The molecule has 4 heteroatoms. The maximum atomic E-state index is 13.1. The zero-order chi connectivity index (χ0) is 14.4. The molecule has 108 valence electrons. The van der Waals surface area contributed by atoms with Gasteiger partial charge in [-0.05, 0) is 49.7 Å². The molecule has 0 amide bonds. The van der Waals surface area contributed by atoms with Gasteiger partial charge in [0, 0.05) is 19.0 Å². The average Bonchev–Trinajstić information content (AvgIpc) is 2.85. The van der Waals surface area contributed by atoms with E-state index in [0.717, 1.165) is 42.8 Å². The Bertz CT molecular complexity index is 589. The van der Waals surface area contributed by atoms with E-state index in [-0.39, 0.29) is 5.82 Å². The molecule has 0 fully saturated rings. The van der Waals surface area contributed by atoms with Gasteiger partial charge in [-0.1, -0.05) is 6.08 Å². The van der Waals surface area contributed by atoms with E-state index in [0.29, 0.717) is 5.58 Å². The summed E-state index contributed by atoms with van der Waals surface area (Å²) in [7, 11) is 1.69. The lowest BCUT2D eigenvalue weighted by Crippen LogP contribution is -2.19. The van der Waals surface area contributed by atoms with E-state index in [2.05, 4.69) is 11.4 Å². The summed E-state index contributed by atoms with van der Waals surface area (Å²) in [6, 6.07) is 6.44. The molecule has 20 heavy (non-hydrogen) atoms. The molecule has 0 unspecified atom stereocenters. The molecule has 0 bridgehead atoms. The van der Waals surface area contributed by atoms with Crippen LogP contribution in [0.25, 0.3) is 16.5 Å². The molecule has 1 heterocycles. The van der Waals surface area contributed by atoms with Gasteiger partial charge in [-0.3, -0.25) is 0 Å². The lowest BCUT2D eigenvalue weighted by molar-refractivity contribution is 0.199. The lowest BCUT2D eigenvalue weighted by Gasteiger charge is -2.01. The fourth-order valence-electron chi connectivity index (χ4n) is 2.00. The van der Waals surface area contributed by atoms with Crippen molar-refractivity contribution in [2.75, 3.05) is 26.8 Å². The van der Waals surface area contributed by atoms with Gasteiger partial charge < -0.3 is 14.5 Å². The normalized spacial score (nSPS) is 12.2. The molecule has 0 spiro atoms. The molecule has 0 radical (unpaired) electrons. The second-order valence-corrected chi connectivity index (χ2v) is 4.71. The summed E-state index contributed by atoms with van der Waals surface area (Å²) in [5.41, 5.74) is 1.78. The van der Waals surface area contributed by atoms with Crippen LogP contribution in [0, 0.1) is 5.82 Å². The predicted molar refractivity (Wildman–Crippen MR) is 79.2 cm³/mol. The van der Waals surface area contributed by atoms with Crippen LogP contribution in [-0.4, -0.2) is 26.8 Å². The molecule has 0 atom stereocenters. The van der Waals surface area contributed by atoms with Gasteiger partial charge >= 0.3 is 0 Å². The maximum absolute atomic E-state index is 13.1. The highest BCUT2D eigenvalue weighted by molar-refractivity contribution is 5.81. The van der Waals surface area contributed by atoms with Gasteiger partial charge in [0.1, 0.15) is 17.2 Å². The molecular formula is C16H20FNO2. The Morgan fingerprint density at radius 3 is 3.00 bits per heavy atom. The van der Waals surface area contributed by atoms with Crippen molar-refractivity contribution in [2.24, 2.45) is 0 Å². The molecule has 1 aromatic carbocycles. The molecular weight excluding hydrogens is 257 g/mol. The van der Waals surface area contributed by atoms with Crippen LogP contribution in [0.3, 0.4) is 0 Å². The van der Waals surface area contributed by atoms with Crippen molar-refractivity contribution in [1.29, 1.82) is 0 Å². The number of ether oxygens (including phenoxy) is 1. The third-order valence-corrected chi connectivity index (χ3v) is 3.12. The van der Waals surface area contributed by atoms with E-state index in [1.807, 2.05) is 13.0 Å². The Kier molecular flexibility index (Phi) is 5.32. The average molecular weight is 277 g/mol. The highest BCUT2D eigenvalue weighted by Crippen LogP contribution is 2.25. The van der Waals surface area contributed by atoms with Crippen LogP contribution in [0.1, 0.15) is 19.1 Å². The van der Waals surface area contributed by atoms with Crippen molar-refractivity contribution in [3.63, 3.8) is 0 Å². The van der Waals surface area contributed by atoms with E-state index in [1.54, 1.807) is 13.2 Å². The molecule has 1 N–H and O–H groups in total. The van der Waals surface area contributed by atoms with Gasteiger partial charge in [-0.15, -0.1) is 0 Å². The number of nitrogens with one attached hydrogen (secondary N) is 1. The van der Waals surface area contributed by atoms with Crippen LogP contribution in [0.4, 0.5) is 4.39 Å². The topological polar surface area (TPSA) is 34.4 Å². The van der Waals surface area contributed by atoms with Gasteiger partial charge in [0.05, 0.1) is 6.61 Å². The summed E-state index contributed by atoms with van der Waals surface area (Å²) >= 11 is 0. The van der Waals surface area contributed by atoms with Crippen LogP contribution in [0.5, 0.6) is 0 Å². The first-order valence-electron chi connectivity index (χ1n) is 6.76. The van der Waals surface area contributed by atoms with Gasteiger partial charge in [-0.25, -0.2) is 4.39 Å². The van der Waals surface area contributed by atoms with Crippen molar-refractivity contribution in [3.05, 3.63) is 41.9 Å². The highest BCUT2D eigenvalue weighted by Gasteiger charge is 2.05. The quantitative estimate of drug-likeness (QED) is 0.785. The number of fused-ring (bicyclic) bond motifs is 1. The number of hydrogen-bond donors (Lipinski definition) is 1. The van der Waals surface area contributed by atoms with Crippen LogP contribution in [-0.2, 0) is 4.74 Å². The number of hydrogen-bond acceptors (Lipinski definition) is 3. The fourth-order valence-corrected chi connectivity index (χ4v) is 2.00. The smallest absolute Gasteiger partial charge is 0.135 e. The molecule has 1 aromatic heterocycles. The van der Waals surface area contributed by atoms with E-state index in [4.69, 9.17) is 9.15 Å². The van der Waals surface area contributed by atoms with Gasteiger partial charge in [0.2, 0.25) is 0 Å². The Balaban J connectivity index is 1.94. The van der Waals surface area contributed by atoms with Crippen molar-refractivity contribution < 1.29 is 13.5 Å². The van der Waals surface area contributed by atoms with Crippen molar-refractivity contribution in [3.8, 4) is 0 Å². The zero-order valence-electron chi connectivity index (χ0n) is 11.9. The van der Waals surface area contributed by atoms with Crippen LogP contribution in [0.2, 0.25) is 0 Å². The van der Waals surface area contributed by atoms with Crippen molar-refractivity contribution in [2.45, 2.75) is 13.3 Å². The minimum atomic E-state index is -0.242. The number of benzene rings is 1. The molecule has 0 aliphatic carbocycles. The van der Waals surface area contributed by atoms with Crippen LogP contribution < -0.4 is 5.32 Å². The first kappa shape index (κ1) is 14.8. The van der Waals surface area contributed by atoms with Gasteiger partial charge in [-0.2, -0.15) is 0 Å². The van der Waals surface area contributed by atoms with E-state index < -0.39 is 0 Å². The molecule has 0 saturated heterocycles. The Labute approximate surface area is 118 Å². The van der Waals surface area contributed by atoms with Gasteiger partial charge in [0.25, 0.3) is 0 Å². The van der Waals surface area contributed by atoms with E-state index in [9.17, 15) is 4.39 Å². The monoisotopic (exact) mass is 277 g/mol. The number of methoxy groups -OCH3 is 1. The van der Waals surface area contributed by atoms with Crippen molar-refractivity contribution >= 4 is 16.5 Å². The predicted octanol–water partition coefficient (Wildman–Crippen LogP) is 3.60. The summed E-state index contributed by atoms with van der Waals surface area (Å²) in [5.74, 6) is 0.552. The first-order valence-corrected chi connectivity index (χ1v) is 6.76. The number of halogens is 1. The highest BCUT2D eigenvalue weighted by atomic mass is 19.1. The lowest BCUT2D eigenvalue weighted by atomic mass is 10.1. The van der Waals surface area contributed by atoms with E-state index >= 15 is 0 Å². The summed E-state index contributed by atoms with van der Waals surface area (Å²) in [6.07, 6.45) is 3.04. The molecule has 2 rings (SSSR count). The Hall–Kier alpha value is -1.65. The largest absolute Gasteiger partial charge is 0.456 e. The third kappa shape index (κ3) is 3.92. The third-order valence-electron chi connectivity index (χ3n) is 3.12.